The van der Waals surface area contributed by atoms with Gasteiger partial charge in [0.25, 0.3) is 0 Å². The number of rotatable bonds is 10. The van der Waals surface area contributed by atoms with E-state index in [1.165, 1.54) is 18.3 Å². The smallest absolute Gasteiger partial charge is 0.244 e. The highest BCUT2D eigenvalue weighted by atomic mass is 35.5. The van der Waals surface area contributed by atoms with E-state index in [0.717, 1.165) is 25.9 Å². The van der Waals surface area contributed by atoms with Crippen molar-refractivity contribution in [2.75, 3.05) is 54.4 Å². The summed E-state index contributed by atoms with van der Waals surface area (Å²) in [4.78, 5) is 8.18. The average Bonchev–Trinajstić information content (AvgIpc) is 2.45. The van der Waals surface area contributed by atoms with E-state index in [-0.39, 0.29) is 10.0 Å². The maximum atomic E-state index is 12.8. The monoisotopic (exact) mass is 362 g/mol. The lowest BCUT2D eigenvalue weighted by Crippen LogP contribution is -2.35. The normalized spacial score (nSPS) is 12.5. The Morgan fingerprint density at radius 1 is 0.957 bits per heavy atom. The summed E-state index contributed by atoms with van der Waals surface area (Å²) in [5.41, 5.74) is 0. The van der Waals surface area contributed by atoms with Crippen molar-refractivity contribution in [3.63, 3.8) is 0 Å². The highest BCUT2D eigenvalue weighted by molar-refractivity contribution is 7.89. The minimum absolute atomic E-state index is 0.191. The highest BCUT2D eigenvalue weighted by Gasteiger charge is 2.24. The second-order valence-corrected chi connectivity index (χ2v) is 8.36. The zero-order valence-corrected chi connectivity index (χ0v) is 15.9. The molecule has 0 bridgehead atoms. The number of sulfonamides is 1. The van der Waals surface area contributed by atoms with Crippen LogP contribution in [0.1, 0.15) is 12.8 Å². The molecule has 0 amide bonds. The molecule has 6 nitrogen and oxygen atoms in total. The van der Waals surface area contributed by atoms with Crippen molar-refractivity contribution in [3.05, 3.63) is 23.5 Å². The fourth-order valence-corrected chi connectivity index (χ4v) is 3.72. The lowest BCUT2D eigenvalue weighted by Gasteiger charge is -2.23. The number of nitrogens with zero attached hydrogens (tertiary/aromatic N) is 4. The number of halogens is 1. The van der Waals surface area contributed by atoms with E-state index in [1.807, 2.05) is 28.2 Å². The predicted octanol–water partition coefficient (Wildman–Crippen LogP) is 1.63. The van der Waals surface area contributed by atoms with Crippen molar-refractivity contribution >= 4 is 21.6 Å². The van der Waals surface area contributed by atoms with Gasteiger partial charge in [-0.1, -0.05) is 11.6 Å². The molecule has 1 aromatic heterocycles. The van der Waals surface area contributed by atoms with Gasteiger partial charge in [0, 0.05) is 19.3 Å². The van der Waals surface area contributed by atoms with Crippen molar-refractivity contribution in [2.45, 2.75) is 17.7 Å². The van der Waals surface area contributed by atoms with Gasteiger partial charge in [-0.2, -0.15) is 4.31 Å². The first kappa shape index (κ1) is 20.3. The van der Waals surface area contributed by atoms with Gasteiger partial charge in [0.15, 0.2) is 0 Å². The molecule has 0 saturated carbocycles. The first-order valence-corrected chi connectivity index (χ1v) is 9.46. The molecule has 1 aromatic rings. The van der Waals surface area contributed by atoms with Crippen LogP contribution in [0, 0.1) is 0 Å². The molecule has 0 aliphatic rings. The van der Waals surface area contributed by atoms with Crippen molar-refractivity contribution in [1.82, 2.24) is 19.1 Å². The Labute approximate surface area is 145 Å². The second-order valence-electron chi connectivity index (χ2n) is 6.03. The maximum absolute atomic E-state index is 12.8. The first-order chi connectivity index (χ1) is 10.7. The highest BCUT2D eigenvalue weighted by Crippen LogP contribution is 2.17. The molecule has 0 aliphatic heterocycles. The van der Waals surface area contributed by atoms with E-state index in [0.29, 0.717) is 13.1 Å². The minimum atomic E-state index is -3.54. The molecule has 0 radical (unpaired) electrons. The van der Waals surface area contributed by atoms with Crippen LogP contribution in [0.5, 0.6) is 0 Å². The molecular formula is C15H27ClN4O2S. The van der Waals surface area contributed by atoms with E-state index in [1.54, 1.807) is 4.31 Å². The van der Waals surface area contributed by atoms with Gasteiger partial charge in [-0.05, 0) is 66.3 Å². The molecule has 0 unspecified atom stereocenters. The molecule has 0 saturated heterocycles. The molecule has 8 heteroatoms. The van der Waals surface area contributed by atoms with Gasteiger partial charge in [-0.3, -0.25) is 0 Å². The van der Waals surface area contributed by atoms with Gasteiger partial charge in [0.2, 0.25) is 10.0 Å². The predicted molar refractivity (Wildman–Crippen MR) is 94.3 cm³/mol. The van der Waals surface area contributed by atoms with Gasteiger partial charge < -0.3 is 9.80 Å². The Morgan fingerprint density at radius 2 is 1.48 bits per heavy atom. The summed E-state index contributed by atoms with van der Waals surface area (Å²) >= 11 is 5.75. The van der Waals surface area contributed by atoms with Crippen LogP contribution in [-0.4, -0.2) is 81.9 Å². The van der Waals surface area contributed by atoms with E-state index >= 15 is 0 Å². The third-order valence-electron chi connectivity index (χ3n) is 3.36. The average molecular weight is 363 g/mol. The van der Waals surface area contributed by atoms with Crippen LogP contribution < -0.4 is 0 Å². The third kappa shape index (κ3) is 7.14. The summed E-state index contributed by atoms with van der Waals surface area (Å²) in [6.45, 7) is 2.68. The zero-order valence-electron chi connectivity index (χ0n) is 14.4. The summed E-state index contributed by atoms with van der Waals surface area (Å²) in [7, 11) is 4.38. The third-order valence-corrected chi connectivity index (χ3v) is 5.47. The Kier molecular flexibility index (Phi) is 8.42. The van der Waals surface area contributed by atoms with Crippen LogP contribution in [0.15, 0.2) is 23.2 Å². The van der Waals surface area contributed by atoms with Gasteiger partial charge in [-0.25, -0.2) is 13.4 Å². The van der Waals surface area contributed by atoms with Crippen LogP contribution in [-0.2, 0) is 10.0 Å². The van der Waals surface area contributed by atoms with E-state index in [2.05, 4.69) is 14.8 Å². The van der Waals surface area contributed by atoms with Gasteiger partial charge in [0.1, 0.15) is 10.0 Å². The summed E-state index contributed by atoms with van der Waals surface area (Å²) < 4.78 is 27.2. The molecule has 1 rings (SSSR count). The van der Waals surface area contributed by atoms with Gasteiger partial charge in [-0.15, -0.1) is 0 Å². The van der Waals surface area contributed by atoms with Crippen molar-refractivity contribution < 1.29 is 8.42 Å². The molecule has 0 N–H and O–H groups in total. The number of hydrogen-bond donors (Lipinski definition) is 0. The molecule has 1 heterocycles. The topological polar surface area (TPSA) is 56.8 Å². The largest absolute Gasteiger partial charge is 0.309 e. The standard InChI is InChI=1S/C15H27ClN4O2S/c1-18(2)9-5-11-20(12-6-10-19(3)4)23(21,22)14-7-8-15(16)17-13-14/h7-8,13H,5-6,9-12H2,1-4H3. The zero-order chi connectivity index (χ0) is 17.5. The Bertz CT molecular complexity index is 547. The Balaban J connectivity index is 2.84. The van der Waals surface area contributed by atoms with Crippen LogP contribution in [0.3, 0.4) is 0 Å². The first-order valence-electron chi connectivity index (χ1n) is 7.64. The quantitative estimate of drug-likeness (QED) is 0.592. The molecule has 0 aromatic carbocycles. The van der Waals surface area contributed by atoms with Crippen molar-refractivity contribution in [2.24, 2.45) is 0 Å². The number of pyridine rings is 1. The van der Waals surface area contributed by atoms with E-state index in [9.17, 15) is 8.42 Å². The fourth-order valence-electron chi connectivity index (χ4n) is 2.14. The lowest BCUT2D eigenvalue weighted by molar-refractivity contribution is 0.326. The van der Waals surface area contributed by atoms with Crippen LogP contribution in [0.2, 0.25) is 5.15 Å². The number of aromatic nitrogens is 1. The molecule has 0 atom stereocenters. The van der Waals surface area contributed by atoms with E-state index < -0.39 is 10.0 Å². The molecule has 132 valence electrons. The summed E-state index contributed by atoms with van der Waals surface area (Å²) in [6, 6.07) is 3.02. The summed E-state index contributed by atoms with van der Waals surface area (Å²) in [5, 5.41) is 0.288. The molecule has 0 aliphatic carbocycles. The number of hydrogen-bond acceptors (Lipinski definition) is 5. The fraction of sp³-hybridized carbons (Fsp3) is 0.667. The van der Waals surface area contributed by atoms with Crippen LogP contribution in [0.25, 0.3) is 0 Å². The summed E-state index contributed by atoms with van der Waals surface area (Å²) in [6.07, 6.45) is 2.90. The Morgan fingerprint density at radius 3 is 1.87 bits per heavy atom. The van der Waals surface area contributed by atoms with Crippen LogP contribution >= 0.6 is 11.6 Å². The molecule has 0 spiro atoms. The van der Waals surface area contributed by atoms with Crippen molar-refractivity contribution in [3.8, 4) is 0 Å². The van der Waals surface area contributed by atoms with Gasteiger partial charge >= 0.3 is 0 Å². The van der Waals surface area contributed by atoms with Crippen molar-refractivity contribution in [1.29, 1.82) is 0 Å². The van der Waals surface area contributed by atoms with E-state index in [4.69, 9.17) is 11.6 Å². The minimum Gasteiger partial charge on any atom is -0.309 e. The molecule has 0 fully saturated rings. The van der Waals surface area contributed by atoms with Gasteiger partial charge in [0.05, 0.1) is 0 Å². The molecule has 23 heavy (non-hydrogen) atoms. The maximum Gasteiger partial charge on any atom is 0.244 e. The molecular weight excluding hydrogens is 336 g/mol. The van der Waals surface area contributed by atoms with Crippen LogP contribution in [0.4, 0.5) is 0 Å². The summed E-state index contributed by atoms with van der Waals surface area (Å²) in [5.74, 6) is 0. The lowest BCUT2D eigenvalue weighted by atomic mass is 10.3. The SMILES string of the molecule is CN(C)CCCN(CCCN(C)C)S(=O)(=O)c1ccc(Cl)nc1. The second kappa shape index (κ2) is 9.54. The Hall–Kier alpha value is -0.730.